The lowest BCUT2D eigenvalue weighted by Gasteiger charge is -2.64. The van der Waals surface area contributed by atoms with Crippen LogP contribution in [0.5, 0.6) is 0 Å². The first-order valence-electron chi connectivity index (χ1n) is 6.10. The van der Waals surface area contributed by atoms with Gasteiger partial charge in [-0.2, -0.15) is 0 Å². The molecule has 3 aliphatic rings. The van der Waals surface area contributed by atoms with Crippen LogP contribution >= 0.6 is 0 Å². The van der Waals surface area contributed by atoms with Crippen LogP contribution in [-0.2, 0) is 19.1 Å². The Bertz CT molecular complexity index is 482. The highest BCUT2D eigenvalue weighted by Crippen LogP contribution is 2.64. The van der Waals surface area contributed by atoms with Gasteiger partial charge in [-0.1, -0.05) is 26.0 Å². The van der Waals surface area contributed by atoms with E-state index in [9.17, 15) is 9.59 Å². The molecule has 96 valence electrons. The summed E-state index contributed by atoms with van der Waals surface area (Å²) in [6, 6.07) is 0. The quantitative estimate of drug-likeness (QED) is 0.613. The summed E-state index contributed by atoms with van der Waals surface area (Å²) in [5, 5.41) is 0. The lowest BCUT2D eigenvalue weighted by atomic mass is 9.45. The summed E-state index contributed by atoms with van der Waals surface area (Å²) in [6.07, 6.45) is 3.19. The first kappa shape index (κ1) is 11.5. The van der Waals surface area contributed by atoms with Gasteiger partial charge in [0.25, 0.3) is 0 Å². The van der Waals surface area contributed by atoms with Gasteiger partial charge in [0.2, 0.25) is 0 Å². The summed E-state index contributed by atoms with van der Waals surface area (Å²) in [5.74, 6) is -0.635. The van der Waals surface area contributed by atoms with E-state index in [1.807, 2.05) is 26.0 Å². The van der Waals surface area contributed by atoms with Crippen LogP contribution in [0.25, 0.3) is 0 Å². The minimum atomic E-state index is -0.369. The number of fused-ring (bicyclic) bond motifs is 4. The first-order chi connectivity index (χ1) is 8.29. The van der Waals surface area contributed by atoms with E-state index in [0.717, 1.165) is 0 Å². The van der Waals surface area contributed by atoms with Crippen LogP contribution in [0.2, 0.25) is 0 Å². The van der Waals surface area contributed by atoms with Crippen molar-refractivity contribution in [2.24, 2.45) is 10.8 Å². The van der Waals surface area contributed by atoms with Crippen molar-refractivity contribution in [3.63, 3.8) is 0 Å². The second-order valence-electron chi connectivity index (χ2n) is 5.87. The van der Waals surface area contributed by atoms with Gasteiger partial charge in [0.05, 0.1) is 0 Å². The van der Waals surface area contributed by atoms with Crippen molar-refractivity contribution in [3.05, 3.63) is 23.3 Å². The first-order valence-corrected chi connectivity index (χ1v) is 6.10. The van der Waals surface area contributed by atoms with Gasteiger partial charge in [0.15, 0.2) is 0 Å². The number of carbonyl (C=O) groups excluding carboxylic acids is 2. The number of rotatable bonds is 0. The molecule has 2 aliphatic heterocycles. The molecular formula is C14H16O4. The zero-order valence-corrected chi connectivity index (χ0v) is 10.9. The van der Waals surface area contributed by atoms with Gasteiger partial charge >= 0.3 is 11.9 Å². The molecule has 4 atom stereocenters. The fourth-order valence-electron chi connectivity index (χ4n) is 3.42. The SMILES string of the molecule is CC1=C[C@@]2(C)[C@H](OC1=O)[C@H]1OC(=O)C(C)=C[C@@]12C. The fraction of sp³-hybridized carbons (Fsp3) is 0.571. The molecule has 0 radical (unpaired) electrons. The zero-order valence-electron chi connectivity index (χ0n) is 10.9. The van der Waals surface area contributed by atoms with Gasteiger partial charge in [-0.25, -0.2) is 9.59 Å². The molecule has 0 N–H and O–H groups in total. The van der Waals surface area contributed by atoms with Gasteiger partial charge in [0.1, 0.15) is 12.2 Å². The summed E-state index contributed by atoms with van der Waals surface area (Å²) in [5.41, 5.74) is 0.655. The van der Waals surface area contributed by atoms with Crippen LogP contribution < -0.4 is 0 Å². The molecule has 0 spiro atoms. The molecule has 0 aromatic rings. The summed E-state index contributed by atoms with van der Waals surface area (Å²) in [7, 11) is 0. The van der Waals surface area contributed by atoms with E-state index in [4.69, 9.17) is 9.47 Å². The Labute approximate surface area is 106 Å². The van der Waals surface area contributed by atoms with Gasteiger partial charge in [-0.15, -0.1) is 0 Å². The molecule has 4 nitrogen and oxygen atoms in total. The van der Waals surface area contributed by atoms with Crippen molar-refractivity contribution in [2.75, 3.05) is 0 Å². The predicted octanol–water partition coefficient (Wildman–Crippen LogP) is 1.76. The van der Waals surface area contributed by atoms with Crippen LogP contribution in [0, 0.1) is 10.8 Å². The normalized spacial score (nSPS) is 45.8. The Morgan fingerprint density at radius 2 is 1.22 bits per heavy atom. The van der Waals surface area contributed by atoms with Crippen LogP contribution in [0.15, 0.2) is 23.3 Å². The second kappa shape index (κ2) is 3.05. The summed E-state index contributed by atoms with van der Waals surface area (Å²) < 4.78 is 10.8. The predicted molar refractivity (Wildman–Crippen MR) is 63.5 cm³/mol. The molecule has 2 heterocycles. The molecular weight excluding hydrogens is 232 g/mol. The Kier molecular flexibility index (Phi) is 1.95. The average molecular weight is 248 g/mol. The molecule has 3 rings (SSSR count). The Morgan fingerprint density at radius 1 is 0.889 bits per heavy atom. The third-order valence-electron chi connectivity index (χ3n) is 4.76. The zero-order chi connectivity index (χ0) is 13.3. The number of hydrogen-bond acceptors (Lipinski definition) is 4. The molecule has 0 aromatic carbocycles. The van der Waals surface area contributed by atoms with E-state index in [0.29, 0.717) is 11.1 Å². The molecule has 0 amide bonds. The summed E-state index contributed by atoms with van der Waals surface area (Å²) in [6.45, 7) is 7.61. The molecule has 1 aliphatic carbocycles. The van der Waals surface area contributed by atoms with Crippen molar-refractivity contribution in [1.82, 2.24) is 0 Å². The number of ether oxygens (including phenoxy) is 2. The topological polar surface area (TPSA) is 52.6 Å². The molecule has 0 unspecified atom stereocenters. The van der Waals surface area contributed by atoms with Gasteiger partial charge in [-0.05, 0) is 13.8 Å². The highest BCUT2D eigenvalue weighted by Gasteiger charge is 2.71. The molecule has 0 saturated heterocycles. The van der Waals surface area contributed by atoms with Crippen LogP contribution in [0.1, 0.15) is 27.7 Å². The average Bonchev–Trinajstić information content (AvgIpc) is 2.29. The van der Waals surface area contributed by atoms with Crippen molar-refractivity contribution in [3.8, 4) is 0 Å². The molecule has 0 bridgehead atoms. The smallest absolute Gasteiger partial charge is 0.333 e. The van der Waals surface area contributed by atoms with Gasteiger partial charge in [-0.3, -0.25) is 0 Å². The monoisotopic (exact) mass is 248 g/mol. The van der Waals surface area contributed by atoms with E-state index < -0.39 is 0 Å². The van der Waals surface area contributed by atoms with Crippen molar-refractivity contribution >= 4 is 11.9 Å². The second-order valence-corrected chi connectivity index (χ2v) is 5.87. The number of carbonyl (C=O) groups is 2. The number of esters is 2. The highest BCUT2D eigenvalue weighted by atomic mass is 16.6. The Hall–Kier alpha value is -1.58. The molecule has 1 fully saturated rings. The molecule has 1 saturated carbocycles. The van der Waals surface area contributed by atoms with Gasteiger partial charge < -0.3 is 9.47 Å². The minimum absolute atomic E-state index is 0.294. The maximum absolute atomic E-state index is 11.6. The molecule has 0 aromatic heterocycles. The van der Waals surface area contributed by atoms with E-state index in [1.54, 1.807) is 13.8 Å². The van der Waals surface area contributed by atoms with E-state index >= 15 is 0 Å². The van der Waals surface area contributed by atoms with Crippen LogP contribution in [0.4, 0.5) is 0 Å². The maximum atomic E-state index is 11.6. The third kappa shape index (κ3) is 1.06. The van der Waals surface area contributed by atoms with E-state index in [1.165, 1.54) is 0 Å². The lowest BCUT2D eigenvalue weighted by molar-refractivity contribution is -0.254. The molecule has 18 heavy (non-hydrogen) atoms. The van der Waals surface area contributed by atoms with Crippen molar-refractivity contribution in [2.45, 2.75) is 39.9 Å². The minimum Gasteiger partial charge on any atom is -0.454 e. The van der Waals surface area contributed by atoms with E-state index in [2.05, 4.69) is 0 Å². The highest BCUT2D eigenvalue weighted by molar-refractivity contribution is 5.91. The third-order valence-corrected chi connectivity index (χ3v) is 4.76. The lowest BCUT2D eigenvalue weighted by Crippen LogP contribution is -2.73. The summed E-state index contributed by atoms with van der Waals surface area (Å²) in [4.78, 5) is 23.2. The van der Waals surface area contributed by atoms with Gasteiger partial charge in [0, 0.05) is 22.0 Å². The standard InChI is InChI=1S/C14H16O4/c1-7-5-13(3)9(17-11(7)15)10-14(13,4)6-8(2)12(16)18-10/h5-6,9-10H,1-4H3/t9-,10-,13+,14+/m1/s1. The number of hydrogen-bond donors (Lipinski definition) is 0. The largest absolute Gasteiger partial charge is 0.454 e. The Morgan fingerprint density at radius 3 is 1.56 bits per heavy atom. The maximum Gasteiger partial charge on any atom is 0.333 e. The van der Waals surface area contributed by atoms with Crippen molar-refractivity contribution in [1.29, 1.82) is 0 Å². The summed E-state index contributed by atoms with van der Waals surface area (Å²) >= 11 is 0. The van der Waals surface area contributed by atoms with E-state index in [-0.39, 0.29) is 35.0 Å². The van der Waals surface area contributed by atoms with Crippen molar-refractivity contribution < 1.29 is 19.1 Å². The molecule has 4 heteroatoms. The van der Waals surface area contributed by atoms with Crippen LogP contribution in [0.3, 0.4) is 0 Å². The van der Waals surface area contributed by atoms with Crippen LogP contribution in [-0.4, -0.2) is 24.1 Å². The Balaban J connectivity index is 2.12. The fourth-order valence-corrected chi connectivity index (χ4v) is 3.42.